The molecule has 0 saturated heterocycles. The lowest BCUT2D eigenvalue weighted by Gasteiger charge is -2.25. The van der Waals surface area contributed by atoms with E-state index in [1.807, 2.05) is 12.1 Å². The number of carboxylic acids is 1. The Balaban J connectivity index is 2.67. The van der Waals surface area contributed by atoms with Crippen LogP contribution in [0.3, 0.4) is 0 Å². The van der Waals surface area contributed by atoms with Crippen molar-refractivity contribution >= 4 is 17.6 Å². The third-order valence-corrected chi connectivity index (χ3v) is 2.79. The molecule has 0 unspecified atom stereocenters. The Morgan fingerprint density at radius 1 is 1.35 bits per heavy atom. The number of hydrogen-bond acceptors (Lipinski definition) is 4. The van der Waals surface area contributed by atoms with E-state index in [9.17, 15) is 9.59 Å². The lowest BCUT2D eigenvalue weighted by atomic mass is 10.2. The van der Waals surface area contributed by atoms with Gasteiger partial charge < -0.3 is 20.1 Å². The second-order valence-electron chi connectivity index (χ2n) is 4.56. The number of amides is 1. The minimum absolute atomic E-state index is 0.0197. The van der Waals surface area contributed by atoms with Gasteiger partial charge in [-0.05, 0) is 26.0 Å². The summed E-state index contributed by atoms with van der Waals surface area (Å²) in [6.07, 6.45) is 0. The van der Waals surface area contributed by atoms with E-state index in [4.69, 9.17) is 9.84 Å². The van der Waals surface area contributed by atoms with Crippen molar-refractivity contribution in [3.63, 3.8) is 0 Å². The number of benzene rings is 1. The first-order chi connectivity index (χ1) is 9.45. The van der Waals surface area contributed by atoms with E-state index in [0.29, 0.717) is 11.4 Å². The highest BCUT2D eigenvalue weighted by Gasteiger charge is 2.19. The van der Waals surface area contributed by atoms with E-state index >= 15 is 0 Å². The highest BCUT2D eigenvalue weighted by atomic mass is 16.5. The predicted molar refractivity (Wildman–Crippen MR) is 76.0 cm³/mol. The van der Waals surface area contributed by atoms with E-state index in [2.05, 4.69) is 5.32 Å². The van der Waals surface area contributed by atoms with Gasteiger partial charge >= 0.3 is 5.97 Å². The zero-order valence-electron chi connectivity index (χ0n) is 11.9. The fourth-order valence-corrected chi connectivity index (χ4v) is 1.77. The molecule has 110 valence electrons. The molecule has 0 saturated carbocycles. The zero-order chi connectivity index (χ0) is 15.1. The standard InChI is InChI=1S/C14H20N2O4/c1-10(2)16(9-14(18)19)13(17)8-15-11-6-4-5-7-12(11)20-3/h4-7,10,15H,8-9H2,1-3H3,(H,18,19). The van der Waals surface area contributed by atoms with Crippen LogP contribution >= 0.6 is 0 Å². The second kappa shape index (κ2) is 7.37. The first-order valence-corrected chi connectivity index (χ1v) is 6.33. The Morgan fingerprint density at radius 2 is 2.00 bits per heavy atom. The van der Waals surface area contributed by atoms with Gasteiger partial charge in [0.05, 0.1) is 19.3 Å². The number of para-hydroxylation sites is 2. The van der Waals surface area contributed by atoms with Crippen LogP contribution < -0.4 is 10.1 Å². The number of carbonyl (C=O) groups is 2. The van der Waals surface area contributed by atoms with E-state index in [0.717, 1.165) is 0 Å². The van der Waals surface area contributed by atoms with Crippen LogP contribution in [0.4, 0.5) is 5.69 Å². The number of hydrogen-bond donors (Lipinski definition) is 2. The first kappa shape index (κ1) is 15.8. The highest BCUT2D eigenvalue weighted by Crippen LogP contribution is 2.22. The zero-order valence-corrected chi connectivity index (χ0v) is 11.9. The average Bonchev–Trinajstić information content (AvgIpc) is 2.42. The SMILES string of the molecule is COc1ccccc1NCC(=O)N(CC(=O)O)C(C)C. The first-order valence-electron chi connectivity index (χ1n) is 6.33. The Bertz CT molecular complexity index is 474. The monoisotopic (exact) mass is 280 g/mol. The molecule has 0 radical (unpaired) electrons. The van der Waals surface area contributed by atoms with Gasteiger partial charge in [-0.15, -0.1) is 0 Å². The van der Waals surface area contributed by atoms with Crippen molar-refractivity contribution in [2.45, 2.75) is 19.9 Å². The van der Waals surface area contributed by atoms with Crippen molar-refractivity contribution in [1.82, 2.24) is 4.90 Å². The molecule has 0 spiro atoms. The van der Waals surface area contributed by atoms with Crippen molar-refractivity contribution in [2.24, 2.45) is 0 Å². The Labute approximate surface area is 118 Å². The third kappa shape index (κ3) is 4.46. The maximum absolute atomic E-state index is 12.1. The number of rotatable bonds is 7. The molecule has 0 aliphatic rings. The van der Waals surface area contributed by atoms with Crippen molar-refractivity contribution in [3.8, 4) is 5.75 Å². The highest BCUT2D eigenvalue weighted by molar-refractivity contribution is 5.85. The molecule has 0 aliphatic heterocycles. The van der Waals surface area contributed by atoms with Crippen molar-refractivity contribution in [2.75, 3.05) is 25.5 Å². The minimum atomic E-state index is -1.02. The smallest absolute Gasteiger partial charge is 0.323 e. The Kier molecular flexibility index (Phi) is 5.83. The number of carbonyl (C=O) groups excluding carboxylic acids is 1. The van der Waals surface area contributed by atoms with Gasteiger partial charge in [-0.2, -0.15) is 0 Å². The molecule has 1 rings (SSSR count). The van der Waals surface area contributed by atoms with Crippen LogP contribution in [-0.2, 0) is 9.59 Å². The fourth-order valence-electron chi connectivity index (χ4n) is 1.77. The molecule has 0 aromatic heterocycles. The largest absolute Gasteiger partial charge is 0.495 e. The Hall–Kier alpha value is -2.24. The van der Waals surface area contributed by atoms with Crippen LogP contribution in [0.1, 0.15) is 13.8 Å². The summed E-state index contributed by atoms with van der Waals surface area (Å²) < 4.78 is 5.17. The number of aliphatic carboxylic acids is 1. The predicted octanol–water partition coefficient (Wildman–Crippen LogP) is 1.43. The van der Waals surface area contributed by atoms with Gasteiger partial charge in [0.1, 0.15) is 12.3 Å². The lowest BCUT2D eigenvalue weighted by molar-refractivity contribution is -0.145. The van der Waals surface area contributed by atoms with Crippen LogP contribution in [0.25, 0.3) is 0 Å². The quantitative estimate of drug-likeness (QED) is 0.790. The third-order valence-electron chi connectivity index (χ3n) is 2.79. The van der Waals surface area contributed by atoms with Crippen LogP contribution in [0, 0.1) is 0 Å². The van der Waals surface area contributed by atoms with E-state index in [1.165, 1.54) is 4.90 Å². The maximum Gasteiger partial charge on any atom is 0.323 e. The summed E-state index contributed by atoms with van der Waals surface area (Å²) in [6.45, 7) is 3.28. The second-order valence-corrected chi connectivity index (χ2v) is 4.56. The molecule has 6 heteroatoms. The number of nitrogens with one attached hydrogen (secondary N) is 1. The van der Waals surface area contributed by atoms with E-state index in [1.54, 1.807) is 33.1 Å². The summed E-state index contributed by atoms with van der Waals surface area (Å²) in [5.74, 6) is -0.660. The van der Waals surface area contributed by atoms with Gasteiger partial charge in [0.25, 0.3) is 0 Å². The van der Waals surface area contributed by atoms with Crippen molar-refractivity contribution in [3.05, 3.63) is 24.3 Å². The van der Waals surface area contributed by atoms with Crippen molar-refractivity contribution < 1.29 is 19.4 Å². The molecular weight excluding hydrogens is 260 g/mol. The lowest BCUT2D eigenvalue weighted by Crippen LogP contribution is -2.43. The van der Waals surface area contributed by atoms with Crippen LogP contribution in [0.15, 0.2) is 24.3 Å². The van der Waals surface area contributed by atoms with Crippen LogP contribution in [0.5, 0.6) is 5.75 Å². The van der Waals surface area contributed by atoms with Gasteiger partial charge in [0.15, 0.2) is 0 Å². The topological polar surface area (TPSA) is 78.9 Å². The molecule has 2 N–H and O–H groups in total. The molecule has 0 fully saturated rings. The molecule has 1 amide bonds. The van der Waals surface area contributed by atoms with E-state index in [-0.39, 0.29) is 25.0 Å². The molecule has 0 atom stereocenters. The molecule has 1 aromatic rings. The number of nitrogens with zero attached hydrogens (tertiary/aromatic N) is 1. The summed E-state index contributed by atoms with van der Waals surface area (Å²) in [7, 11) is 1.55. The van der Waals surface area contributed by atoms with Crippen LogP contribution in [0.2, 0.25) is 0 Å². The maximum atomic E-state index is 12.1. The normalized spacial score (nSPS) is 10.2. The number of ether oxygens (including phenoxy) is 1. The summed E-state index contributed by atoms with van der Waals surface area (Å²) in [5, 5.41) is 11.8. The average molecular weight is 280 g/mol. The molecule has 6 nitrogen and oxygen atoms in total. The molecule has 20 heavy (non-hydrogen) atoms. The summed E-state index contributed by atoms with van der Waals surface area (Å²) >= 11 is 0. The van der Waals surface area contributed by atoms with Crippen LogP contribution in [-0.4, -0.2) is 48.1 Å². The summed E-state index contributed by atoms with van der Waals surface area (Å²) in [6, 6.07) is 7.06. The summed E-state index contributed by atoms with van der Waals surface area (Å²) in [5.41, 5.74) is 0.697. The fraction of sp³-hybridized carbons (Fsp3) is 0.429. The number of methoxy groups -OCH3 is 1. The number of carboxylic acid groups (broad SMARTS) is 1. The summed E-state index contributed by atoms with van der Waals surface area (Å²) in [4.78, 5) is 24.1. The molecule has 1 aromatic carbocycles. The molecular formula is C14H20N2O4. The van der Waals surface area contributed by atoms with Gasteiger partial charge in [-0.1, -0.05) is 12.1 Å². The molecule has 0 bridgehead atoms. The van der Waals surface area contributed by atoms with Crippen molar-refractivity contribution in [1.29, 1.82) is 0 Å². The minimum Gasteiger partial charge on any atom is -0.495 e. The Morgan fingerprint density at radius 3 is 2.55 bits per heavy atom. The molecule has 0 heterocycles. The van der Waals surface area contributed by atoms with E-state index < -0.39 is 5.97 Å². The van der Waals surface area contributed by atoms with Gasteiger partial charge in [0.2, 0.25) is 5.91 Å². The molecule has 0 aliphatic carbocycles. The van der Waals surface area contributed by atoms with Gasteiger partial charge in [0, 0.05) is 6.04 Å². The van der Waals surface area contributed by atoms with Gasteiger partial charge in [-0.3, -0.25) is 9.59 Å². The number of anilines is 1. The van der Waals surface area contributed by atoms with Gasteiger partial charge in [-0.25, -0.2) is 0 Å².